The molecule has 2 aliphatic heterocycles. The Morgan fingerprint density at radius 1 is 0.588 bits per heavy atom. The van der Waals surface area contributed by atoms with Crippen molar-refractivity contribution in [2.24, 2.45) is 31.8 Å². The van der Waals surface area contributed by atoms with Crippen molar-refractivity contribution >= 4 is 23.6 Å². The van der Waals surface area contributed by atoms with Gasteiger partial charge >= 0.3 is 0 Å². The van der Waals surface area contributed by atoms with E-state index in [0.717, 1.165) is 11.1 Å². The summed E-state index contributed by atoms with van der Waals surface area (Å²) in [5.41, 5.74) is 2.30. The van der Waals surface area contributed by atoms with Crippen molar-refractivity contribution in [2.75, 3.05) is 28.4 Å². The summed E-state index contributed by atoms with van der Waals surface area (Å²) in [7, 11) is 6.60. The first-order valence-electron chi connectivity index (χ1n) is 11.9. The maximum atomic E-state index is 5.65. The second-order valence-electron chi connectivity index (χ2n) is 9.27. The summed E-state index contributed by atoms with van der Waals surface area (Å²) < 4.78 is 22.5. The maximum absolute atomic E-state index is 5.65. The van der Waals surface area contributed by atoms with Crippen LogP contribution >= 0.6 is 0 Å². The summed E-state index contributed by atoms with van der Waals surface area (Å²) in [6.45, 7) is 8.40. The highest BCUT2D eigenvalue weighted by Crippen LogP contribution is 2.24. The zero-order valence-electron chi connectivity index (χ0n) is 21.6. The molecule has 0 bridgehead atoms. The Kier molecular flexibility index (Phi) is 8.69. The Labute approximate surface area is 203 Å². The number of hydrogen-bond donors (Lipinski definition) is 0. The van der Waals surface area contributed by atoms with Gasteiger partial charge in [-0.15, -0.1) is 0 Å². The third kappa shape index (κ3) is 5.59. The van der Waals surface area contributed by atoms with E-state index in [1.165, 1.54) is 0 Å². The SMILES string of the molecule is COC1=N[C@H](C(C)C)C(OC)=N[C@H]1Cc1ccccc1C[C@@H]1N=C(OC)[C@@H](C(C)C)N=C1OC. The van der Waals surface area contributed by atoms with Crippen molar-refractivity contribution in [1.82, 2.24) is 0 Å². The number of methoxy groups -OCH3 is 4. The molecule has 8 heteroatoms. The molecule has 186 valence electrons. The molecule has 1 aromatic carbocycles. The molecule has 3 rings (SSSR count). The molecule has 0 saturated carbocycles. The summed E-state index contributed by atoms with van der Waals surface area (Å²) >= 11 is 0. The van der Waals surface area contributed by atoms with E-state index < -0.39 is 0 Å². The summed E-state index contributed by atoms with van der Waals surface area (Å²) in [5.74, 6) is 3.08. The zero-order valence-corrected chi connectivity index (χ0v) is 21.6. The van der Waals surface area contributed by atoms with E-state index >= 15 is 0 Å². The lowest BCUT2D eigenvalue weighted by Crippen LogP contribution is -2.39. The highest BCUT2D eigenvalue weighted by atomic mass is 16.5. The van der Waals surface area contributed by atoms with Gasteiger partial charge in [0.2, 0.25) is 23.6 Å². The summed E-state index contributed by atoms with van der Waals surface area (Å²) in [5, 5.41) is 0. The van der Waals surface area contributed by atoms with Crippen LogP contribution in [0.15, 0.2) is 44.2 Å². The van der Waals surface area contributed by atoms with Crippen molar-refractivity contribution in [3.8, 4) is 0 Å². The first kappa shape index (κ1) is 25.7. The topological polar surface area (TPSA) is 86.4 Å². The average molecular weight is 471 g/mol. The second kappa shape index (κ2) is 11.5. The largest absolute Gasteiger partial charge is 0.483 e. The number of nitrogens with zero attached hydrogens (tertiary/aromatic N) is 4. The van der Waals surface area contributed by atoms with Gasteiger partial charge in [-0.1, -0.05) is 52.0 Å². The van der Waals surface area contributed by atoms with Crippen molar-refractivity contribution in [3.63, 3.8) is 0 Å². The quantitative estimate of drug-likeness (QED) is 0.633. The van der Waals surface area contributed by atoms with Gasteiger partial charge in [-0.25, -0.2) is 20.0 Å². The molecule has 2 heterocycles. The Bertz CT molecular complexity index is 890. The molecule has 0 spiro atoms. The van der Waals surface area contributed by atoms with Crippen LogP contribution in [0.25, 0.3) is 0 Å². The smallest absolute Gasteiger partial charge is 0.209 e. The predicted octanol–water partition coefficient (Wildman–Crippen LogP) is 3.76. The fourth-order valence-electron chi connectivity index (χ4n) is 4.36. The Morgan fingerprint density at radius 3 is 1.24 bits per heavy atom. The molecule has 0 saturated heterocycles. The molecule has 8 nitrogen and oxygen atoms in total. The van der Waals surface area contributed by atoms with Gasteiger partial charge in [-0.05, 0) is 23.0 Å². The van der Waals surface area contributed by atoms with Gasteiger partial charge in [0.1, 0.15) is 24.2 Å². The van der Waals surface area contributed by atoms with Crippen molar-refractivity contribution in [2.45, 2.75) is 64.7 Å². The summed E-state index contributed by atoms with van der Waals surface area (Å²) in [6, 6.07) is 7.53. The molecule has 0 amide bonds. The van der Waals surface area contributed by atoms with Gasteiger partial charge in [0.15, 0.2) is 0 Å². The van der Waals surface area contributed by atoms with E-state index in [4.69, 9.17) is 38.9 Å². The third-order valence-electron chi connectivity index (χ3n) is 6.22. The van der Waals surface area contributed by atoms with Crippen LogP contribution < -0.4 is 0 Å². The first-order valence-corrected chi connectivity index (χ1v) is 11.9. The van der Waals surface area contributed by atoms with Crippen LogP contribution in [0, 0.1) is 11.8 Å². The molecule has 0 aromatic heterocycles. The van der Waals surface area contributed by atoms with Gasteiger partial charge in [-0.2, -0.15) is 0 Å². The van der Waals surface area contributed by atoms with Gasteiger partial charge in [-0.3, -0.25) is 0 Å². The van der Waals surface area contributed by atoms with Gasteiger partial charge < -0.3 is 18.9 Å². The molecular formula is C26H38N4O4. The second-order valence-corrected chi connectivity index (χ2v) is 9.27. The van der Waals surface area contributed by atoms with Crippen LogP contribution in [-0.4, -0.2) is 76.2 Å². The van der Waals surface area contributed by atoms with Crippen molar-refractivity contribution < 1.29 is 18.9 Å². The van der Waals surface area contributed by atoms with Crippen LogP contribution in [0.4, 0.5) is 0 Å². The lowest BCUT2D eigenvalue weighted by atomic mass is 9.93. The van der Waals surface area contributed by atoms with E-state index in [0.29, 0.717) is 36.4 Å². The van der Waals surface area contributed by atoms with Crippen LogP contribution in [-0.2, 0) is 31.8 Å². The Balaban J connectivity index is 1.88. The minimum absolute atomic E-state index is 0.134. The molecule has 1 aromatic rings. The molecule has 0 aliphatic carbocycles. The molecule has 34 heavy (non-hydrogen) atoms. The molecule has 2 aliphatic rings. The van der Waals surface area contributed by atoms with Crippen LogP contribution in [0.3, 0.4) is 0 Å². The number of hydrogen-bond acceptors (Lipinski definition) is 8. The number of rotatable bonds is 6. The maximum Gasteiger partial charge on any atom is 0.209 e. The standard InChI is InChI=1S/C26H38N4O4/c1-15(2)21-25(33-7)27-19(23(29-21)31-5)13-17-11-9-10-12-18(17)14-20-24(32-6)30-22(16(3)4)26(28-20)34-8/h9-12,15-16,19-22H,13-14H2,1-8H3/t19-,20-,21+,22+/m0/s1. The van der Waals surface area contributed by atoms with Crippen LogP contribution in [0.1, 0.15) is 38.8 Å². The number of aliphatic imine (C=N–C) groups is 4. The summed E-state index contributed by atoms with van der Waals surface area (Å²) in [6.07, 6.45) is 1.28. The van der Waals surface area contributed by atoms with E-state index in [1.54, 1.807) is 28.4 Å². The normalized spacial score (nSPS) is 24.8. The lowest BCUT2D eigenvalue weighted by Gasteiger charge is -2.28. The van der Waals surface area contributed by atoms with Crippen LogP contribution in [0.2, 0.25) is 0 Å². The Hall–Kier alpha value is -2.90. The molecule has 4 atom stereocenters. The molecule has 0 N–H and O–H groups in total. The minimum Gasteiger partial charge on any atom is -0.483 e. The number of ether oxygens (including phenoxy) is 4. The van der Waals surface area contributed by atoms with Gasteiger partial charge in [0.05, 0.1) is 28.4 Å². The highest BCUT2D eigenvalue weighted by molar-refractivity contribution is 5.95. The fourth-order valence-corrected chi connectivity index (χ4v) is 4.36. The zero-order chi connectivity index (χ0) is 24.8. The summed E-state index contributed by atoms with van der Waals surface area (Å²) in [4.78, 5) is 19.3. The monoisotopic (exact) mass is 470 g/mol. The lowest BCUT2D eigenvalue weighted by molar-refractivity contribution is 0.331. The van der Waals surface area contributed by atoms with E-state index in [-0.39, 0.29) is 36.0 Å². The third-order valence-corrected chi connectivity index (χ3v) is 6.22. The van der Waals surface area contributed by atoms with Gasteiger partial charge in [0, 0.05) is 12.8 Å². The highest BCUT2D eigenvalue weighted by Gasteiger charge is 2.33. The Morgan fingerprint density at radius 2 is 0.941 bits per heavy atom. The number of benzene rings is 1. The fraction of sp³-hybridized carbons (Fsp3) is 0.615. The average Bonchev–Trinajstić information content (AvgIpc) is 2.84. The molecule has 0 radical (unpaired) electrons. The minimum atomic E-state index is -0.249. The molecule has 0 fully saturated rings. The predicted molar refractivity (Wildman–Crippen MR) is 136 cm³/mol. The van der Waals surface area contributed by atoms with Crippen molar-refractivity contribution in [3.05, 3.63) is 35.4 Å². The first-order chi connectivity index (χ1) is 16.3. The van der Waals surface area contributed by atoms with E-state index in [2.05, 4.69) is 39.8 Å². The van der Waals surface area contributed by atoms with Crippen LogP contribution in [0.5, 0.6) is 0 Å². The molecule has 0 unspecified atom stereocenters. The van der Waals surface area contributed by atoms with Crippen molar-refractivity contribution in [1.29, 1.82) is 0 Å². The van der Waals surface area contributed by atoms with E-state index in [9.17, 15) is 0 Å². The van der Waals surface area contributed by atoms with E-state index in [1.807, 2.05) is 12.1 Å². The van der Waals surface area contributed by atoms with Gasteiger partial charge in [0.25, 0.3) is 0 Å². The molecular weight excluding hydrogens is 432 g/mol.